The quantitative estimate of drug-likeness (QED) is 0.922. The zero-order chi connectivity index (χ0) is 15.4. The summed E-state index contributed by atoms with van der Waals surface area (Å²) in [6, 6.07) is 8.19. The van der Waals surface area contributed by atoms with E-state index in [1.165, 1.54) is 23.9 Å². The van der Waals surface area contributed by atoms with E-state index in [9.17, 15) is 9.18 Å². The average Bonchev–Trinajstić information content (AvgIpc) is 2.75. The molecule has 112 valence electrons. The fourth-order valence-electron chi connectivity index (χ4n) is 1.94. The number of thioether (sulfide) groups is 1. The van der Waals surface area contributed by atoms with Gasteiger partial charge in [0.25, 0.3) is 0 Å². The lowest BCUT2D eigenvalue weighted by molar-refractivity contribution is -0.113. The van der Waals surface area contributed by atoms with Gasteiger partial charge in [-0.05, 0) is 31.5 Å². The molecule has 1 aromatic carbocycles. The second-order valence-corrected chi connectivity index (χ2v) is 6.18. The Morgan fingerprint density at radius 2 is 2.10 bits per heavy atom. The maximum Gasteiger partial charge on any atom is 0.235 e. The molecule has 4 nitrogen and oxygen atoms in total. The van der Waals surface area contributed by atoms with E-state index in [1.54, 1.807) is 23.9 Å². The van der Waals surface area contributed by atoms with Gasteiger partial charge in [0.15, 0.2) is 0 Å². The van der Waals surface area contributed by atoms with Gasteiger partial charge in [0.2, 0.25) is 5.91 Å². The van der Waals surface area contributed by atoms with Gasteiger partial charge in [-0.15, -0.1) is 11.8 Å². The minimum Gasteiger partial charge on any atom is -0.310 e. The fraction of sp³-hybridized carbons (Fsp3) is 0.333. The van der Waals surface area contributed by atoms with Crippen molar-refractivity contribution in [1.82, 2.24) is 9.78 Å². The third-order valence-corrected chi connectivity index (χ3v) is 4.27. The van der Waals surface area contributed by atoms with Gasteiger partial charge in [-0.3, -0.25) is 9.48 Å². The molecule has 2 aromatic rings. The van der Waals surface area contributed by atoms with Crippen LogP contribution in [0.5, 0.6) is 0 Å². The molecule has 0 unspecified atom stereocenters. The van der Waals surface area contributed by atoms with E-state index in [-0.39, 0.29) is 17.0 Å². The van der Waals surface area contributed by atoms with Gasteiger partial charge in [-0.1, -0.05) is 12.1 Å². The molecular weight excluding hydrogens is 289 g/mol. The van der Waals surface area contributed by atoms with Gasteiger partial charge >= 0.3 is 0 Å². The number of aromatic nitrogens is 2. The normalized spacial score (nSPS) is 12.2. The van der Waals surface area contributed by atoms with E-state index in [2.05, 4.69) is 10.4 Å². The van der Waals surface area contributed by atoms with E-state index >= 15 is 0 Å². The number of benzene rings is 1. The van der Waals surface area contributed by atoms with E-state index in [4.69, 9.17) is 0 Å². The van der Waals surface area contributed by atoms with Crippen molar-refractivity contribution >= 4 is 23.5 Å². The molecule has 0 radical (unpaired) electrons. The highest BCUT2D eigenvalue weighted by Gasteiger charge is 2.11. The molecule has 0 aliphatic rings. The molecule has 0 aliphatic carbocycles. The lowest BCUT2D eigenvalue weighted by atomic mass is 10.2. The molecule has 0 saturated carbocycles. The first-order chi connectivity index (χ1) is 9.95. The first kappa shape index (κ1) is 15.6. The molecule has 21 heavy (non-hydrogen) atoms. The number of nitrogens with one attached hydrogen (secondary N) is 1. The van der Waals surface area contributed by atoms with Crippen molar-refractivity contribution in [1.29, 1.82) is 0 Å². The number of carbonyl (C=O) groups is 1. The van der Waals surface area contributed by atoms with Crippen LogP contribution < -0.4 is 5.32 Å². The van der Waals surface area contributed by atoms with Crippen LogP contribution in [0, 0.1) is 12.7 Å². The second kappa shape index (κ2) is 6.76. The minimum atomic E-state index is -0.250. The Kier molecular flexibility index (Phi) is 5.01. The molecule has 1 N–H and O–H groups in total. The van der Waals surface area contributed by atoms with Crippen LogP contribution in [0.3, 0.4) is 0 Å². The van der Waals surface area contributed by atoms with Crippen molar-refractivity contribution < 1.29 is 9.18 Å². The monoisotopic (exact) mass is 307 g/mol. The number of hydrogen-bond donors (Lipinski definition) is 1. The highest BCUT2D eigenvalue weighted by molar-refractivity contribution is 8.00. The summed E-state index contributed by atoms with van der Waals surface area (Å²) in [5.74, 6) is 0.702. The molecule has 0 saturated heterocycles. The number of carbonyl (C=O) groups excluding carboxylic acids is 1. The number of nitrogens with zero attached hydrogens (tertiary/aromatic N) is 2. The van der Waals surface area contributed by atoms with Crippen molar-refractivity contribution in [3.05, 3.63) is 47.4 Å². The van der Waals surface area contributed by atoms with Crippen LogP contribution in [0.2, 0.25) is 0 Å². The first-order valence-electron chi connectivity index (χ1n) is 6.63. The van der Waals surface area contributed by atoms with Crippen molar-refractivity contribution in [3.63, 3.8) is 0 Å². The molecule has 1 atom stereocenters. The fourth-order valence-corrected chi connectivity index (χ4v) is 2.76. The second-order valence-electron chi connectivity index (χ2n) is 4.85. The van der Waals surface area contributed by atoms with Gasteiger partial charge in [-0.2, -0.15) is 5.10 Å². The molecule has 0 fully saturated rings. The van der Waals surface area contributed by atoms with E-state index in [1.807, 2.05) is 19.9 Å². The van der Waals surface area contributed by atoms with Crippen molar-refractivity contribution in [2.45, 2.75) is 19.1 Å². The van der Waals surface area contributed by atoms with Crippen LogP contribution in [0.25, 0.3) is 0 Å². The smallest absolute Gasteiger partial charge is 0.235 e. The predicted octanol–water partition coefficient (Wildman–Crippen LogP) is 3.30. The Morgan fingerprint density at radius 3 is 2.67 bits per heavy atom. The zero-order valence-corrected chi connectivity index (χ0v) is 13.1. The summed E-state index contributed by atoms with van der Waals surface area (Å²) in [5.41, 5.74) is 1.87. The zero-order valence-electron chi connectivity index (χ0n) is 12.3. The summed E-state index contributed by atoms with van der Waals surface area (Å²) in [5, 5.41) is 7.13. The number of aryl methyl sites for hydroxylation is 2. The highest BCUT2D eigenvalue weighted by Crippen LogP contribution is 2.28. The molecule has 1 amide bonds. The van der Waals surface area contributed by atoms with Crippen LogP contribution in [-0.2, 0) is 11.8 Å². The SMILES string of the molecule is Cc1cc(NC(=O)CS[C@H](C)c2ccc(F)cc2)n(C)n1. The van der Waals surface area contributed by atoms with Crippen molar-refractivity contribution in [2.24, 2.45) is 7.05 Å². The molecule has 0 bridgehead atoms. The van der Waals surface area contributed by atoms with Crippen molar-refractivity contribution in [2.75, 3.05) is 11.1 Å². The summed E-state index contributed by atoms with van der Waals surface area (Å²) >= 11 is 1.51. The number of halogens is 1. The van der Waals surface area contributed by atoms with Gasteiger partial charge in [0.05, 0.1) is 11.4 Å². The third-order valence-electron chi connectivity index (χ3n) is 3.07. The van der Waals surface area contributed by atoms with Crippen LogP contribution in [-0.4, -0.2) is 21.4 Å². The maximum absolute atomic E-state index is 12.9. The van der Waals surface area contributed by atoms with E-state index in [0.29, 0.717) is 11.6 Å². The third kappa shape index (κ3) is 4.32. The summed E-state index contributed by atoms with van der Waals surface area (Å²) in [6.45, 7) is 3.88. The largest absolute Gasteiger partial charge is 0.310 e. The lowest BCUT2D eigenvalue weighted by Crippen LogP contribution is -2.16. The lowest BCUT2D eigenvalue weighted by Gasteiger charge is -2.11. The first-order valence-corrected chi connectivity index (χ1v) is 7.68. The van der Waals surface area contributed by atoms with Gasteiger partial charge in [0.1, 0.15) is 11.6 Å². The van der Waals surface area contributed by atoms with Crippen LogP contribution >= 0.6 is 11.8 Å². The average molecular weight is 307 g/mol. The summed E-state index contributed by atoms with van der Waals surface area (Å²) < 4.78 is 14.5. The number of amides is 1. The van der Waals surface area contributed by atoms with Gasteiger partial charge in [-0.25, -0.2) is 4.39 Å². The minimum absolute atomic E-state index is 0.0723. The Hall–Kier alpha value is -1.82. The van der Waals surface area contributed by atoms with Gasteiger partial charge in [0, 0.05) is 18.4 Å². The highest BCUT2D eigenvalue weighted by atomic mass is 32.2. The summed E-state index contributed by atoms with van der Waals surface area (Å²) in [6.07, 6.45) is 0. The van der Waals surface area contributed by atoms with Gasteiger partial charge < -0.3 is 5.32 Å². The Morgan fingerprint density at radius 1 is 1.43 bits per heavy atom. The molecule has 2 rings (SSSR count). The maximum atomic E-state index is 12.9. The Balaban J connectivity index is 1.86. The standard InChI is InChI=1S/C15H18FN3OS/c1-10-8-14(19(3)18-10)17-15(20)9-21-11(2)12-4-6-13(16)7-5-12/h4-8,11H,9H2,1-3H3,(H,17,20)/t11-/m1/s1. The van der Waals surface area contributed by atoms with Crippen LogP contribution in [0.15, 0.2) is 30.3 Å². The van der Waals surface area contributed by atoms with E-state index in [0.717, 1.165) is 11.3 Å². The Labute approximate surface area is 127 Å². The summed E-state index contributed by atoms with van der Waals surface area (Å²) in [4.78, 5) is 11.9. The molecule has 1 aromatic heterocycles. The van der Waals surface area contributed by atoms with Crippen LogP contribution in [0.4, 0.5) is 10.2 Å². The number of anilines is 1. The number of rotatable bonds is 5. The topological polar surface area (TPSA) is 46.9 Å². The van der Waals surface area contributed by atoms with Crippen molar-refractivity contribution in [3.8, 4) is 0 Å². The van der Waals surface area contributed by atoms with Crippen LogP contribution in [0.1, 0.15) is 23.4 Å². The number of hydrogen-bond acceptors (Lipinski definition) is 3. The predicted molar refractivity (Wildman–Crippen MR) is 83.8 cm³/mol. The molecule has 6 heteroatoms. The molecule has 1 heterocycles. The molecular formula is C15H18FN3OS. The molecule has 0 spiro atoms. The van der Waals surface area contributed by atoms with E-state index < -0.39 is 0 Å². The molecule has 0 aliphatic heterocycles. The summed E-state index contributed by atoms with van der Waals surface area (Å²) in [7, 11) is 1.79. The Bertz CT molecular complexity index is 624.